The van der Waals surface area contributed by atoms with Gasteiger partial charge in [-0.05, 0) is 0 Å². The fourth-order valence-electron chi connectivity index (χ4n) is 0.385. The van der Waals surface area contributed by atoms with E-state index in [2.05, 4.69) is 4.18 Å². The standard InChI is InChI=1S/C5H8F3NO4S/c1-2-4(10)9-14(11,12)13-3-5(6,7)8/h2-3H2,1H3,(H,9,10). The quantitative estimate of drug-likeness (QED) is 0.762. The second-order valence-corrected chi connectivity index (χ2v) is 3.56. The molecule has 14 heavy (non-hydrogen) atoms. The Morgan fingerprint density at radius 1 is 1.43 bits per heavy atom. The van der Waals surface area contributed by atoms with Gasteiger partial charge in [-0.15, -0.1) is 0 Å². The van der Waals surface area contributed by atoms with Crippen molar-refractivity contribution in [2.45, 2.75) is 19.5 Å². The van der Waals surface area contributed by atoms with Crippen molar-refractivity contribution in [1.82, 2.24) is 4.72 Å². The first-order valence-corrected chi connectivity index (χ1v) is 4.84. The van der Waals surface area contributed by atoms with Crippen LogP contribution in [-0.2, 0) is 19.3 Å². The highest BCUT2D eigenvalue weighted by atomic mass is 32.2. The largest absolute Gasteiger partial charge is 0.413 e. The molecule has 0 fully saturated rings. The molecule has 0 radical (unpaired) electrons. The molecule has 0 aliphatic rings. The van der Waals surface area contributed by atoms with E-state index < -0.39 is 29.0 Å². The minimum Gasteiger partial charge on any atom is -0.274 e. The first-order valence-electron chi connectivity index (χ1n) is 3.43. The Bertz CT molecular complexity index is 297. The Morgan fingerprint density at radius 3 is 2.29 bits per heavy atom. The summed E-state index contributed by atoms with van der Waals surface area (Å²) in [6.07, 6.45) is -4.93. The summed E-state index contributed by atoms with van der Waals surface area (Å²) in [5.41, 5.74) is 0. The van der Waals surface area contributed by atoms with E-state index in [4.69, 9.17) is 0 Å². The SMILES string of the molecule is CCC(=O)NS(=O)(=O)OCC(F)(F)F. The maximum absolute atomic E-state index is 11.5. The molecule has 1 N–H and O–H groups in total. The van der Waals surface area contributed by atoms with Crippen molar-refractivity contribution in [3.63, 3.8) is 0 Å². The normalized spacial score (nSPS) is 12.6. The topological polar surface area (TPSA) is 72.5 Å². The second-order valence-electron chi connectivity index (χ2n) is 2.21. The number of hydrogen-bond donors (Lipinski definition) is 1. The molecule has 0 heterocycles. The number of rotatable bonds is 4. The van der Waals surface area contributed by atoms with Crippen molar-refractivity contribution in [1.29, 1.82) is 0 Å². The van der Waals surface area contributed by atoms with Gasteiger partial charge in [-0.3, -0.25) is 4.79 Å². The molecule has 0 aliphatic carbocycles. The first kappa shape index (κ1) is 13.2. The van der Waals surface area contributed by atoms with Crippen LogP contribution in [0.2, 0.25) is 0 Å². The summed E-state index contributed by atoms with van der Waals surface area (Å²) in [6, 6.07) is 0. The van der Waals surface area contributed by atoms with Crippen molar-refractivity contribution >= 4 is 16.2 Å². The molecule has 0 aromatic heterocycles. The van der Waals surface area contributed by atoms with Crippen molar-refractivity contribution in [3.05, 3.63) is 0 Å². The lowest BCUT2D eigenvalue weighted by atomic mass is 10.5. The summed E-state index contributed by atoms with van der Waals surface area (Å²) < 4.78 is 60.5. The molecule has 0 unspecified atom stereocenters. The zero-order valence-electron chi connectivity index (χ0n) is 7.09. The van der Waals surface area contributed by atoms with E-state index in [0.29, 0.717) is 0 Å². The minimum atomic E-state index is -4.76. The third-order valence-electron chi connectivity index (χ3n) is 0.938. The van der Waals surface area contributed by atoms with Gasteiger partial charge in [0.05, 0.1) is 0 Å². The molecule has 5 nitrogen and oxygen atoms in total. The van der Waals surface area contributed by atoms with Gasteiger partial charge >= 0.3 is 16.5 Å². The Morgan fingerprint density at radius 2 is 1.93 bits per heavy atom. The monoisotopic (exact) mass is 235 g/mol. The van der Waals surface area contributed by atoms with Crippen LogP contribution in [0.5, 0.6) is 0 Å². The Hall–Kier alpha value is -0.830. The third-order valence-corrected chi connectivity index (χ3v) is 1.84. The summed E-state index contributed by atoms with van der Waals surface area (Å²) in [6.45, 7) is -0.617. The van der Waals surface area contributed by atoms with Crippen LogP contribution in [0.25, 0.3) is 0 Å². The number of halogens is 3. The van der Waals surface area contributed by atoms with E-state index in [0.717, 1.165) is 0 Å². The molecule has 0 spiro atoms. The highest BCUT2D eigenvalue weighted by Crippen LogP contribution is 2.15. The van der Waals surface area contributed by atoms with Crippen LogP contribution in [0.15, 0.2) is 0 Å². The highest BCUT2D eigenvalue weighted by molar-refractivity contribution is 7.85. The number of amides is 1. The lowest BCUT2D eigenvalue weighted by molar-refractivity contribution is -0.153. The molecule has 0 atom stereocenters. The van der Waals surface area contributed by atoms with Gasteiger partial charge in [-0.25, -0.2) is 8.91 Å². The fraction of sp³-hybridized carbons (Fsp3) is 0.800. The summed E-state index contributed by atoms with van der Waals surface area (Å²) in [5, 5.41) is 0. The molecule has 0 aliphatic heterocycles. The molecule has 0 saturated heterocycles. The van der Waals surface area contributed by atoms with Gasteiger partial charge in [0, 0.05) is 6.42 Å². The number of carbonyl (C=O) groups excluding carboxylic acids is 1. The molecule has 0 aromatic carbocycles. The average Bonchev–Trinajstić information content (AvgIpc) is 1.99. The van der Waals surface area contributed by atoms with Crippen LogP contribution >= 0.6 is 0 Å². The Kier molecular flexibility index (Phi) is 4.33. The van der Waals surface area contributed by atoms with Crippen molar-refractivity contribution in [2.75, 3.05) is 6.61 Å². The van der Waals surface area contributed by atoms with Gasteiger partial charge in [0.15, 0.2) is 6.61 Å². The van der Waals surface area contributed by atoms with E-state index >= 15 is 0 Å². The van der Waals surface area contributed by atoms with Gasteiger partial charge in [0.2, 0.25) is 5.91 Å². The van der Waals surface area contributed by atoms with Crippen molar-refractivity contribution < 1.29 is 30.6 Å². The summed E-state index contributed by atoms with van der Waals surface area (Å²) in [7, 11) is -4.65. The molecule has 84 valence electrons. The van der Waals surface area contributed by atoms with Crippen LogP contribution in [0, 0.1) is 0 Å². The maximum Gasteiger partial charge on any atom is 0.413 e. The smallest absolute Gasteiger partial charge is 0.274 e. The predicted octanol–water partition coefficient (Wildman–Crippen LogP) is 0.336. The highest BCUT2D eigenvalue weighted by Gasteiger charge is 2.31. The summed E-state index contributed by atoms with van der Waals surface area (Å²) >= 11 is 0. The Labute approximate surface area is 78.5 Å². The molecular weight excluding hydrogens is 227 g/mol. The molecule has 0 rings (SSSR count). The predicted molar refractivity (Wildman–Crippen MR) is 39.4 cm³/mol. The molecular formula is C5H8F3NO4S. The van der Waals surface area contributed by atoms with Crippen LogP contribution < -0.4 is 4.72 Å². The summed E-state index contributed by atoms with van der Waals surface area (Å²) in [4.78, 5) is 10.5. The van der Waals surface area contributed by atoms with Crippen LogP contribution in [0.3, 0.4) is 0 Å². The van der Waals surface area contributed by atoms with Crippen molar-refractivity contribution in [3.8, 4) is 0 Å². The lowest BCUT2D eigenvalue weighted by Crippen LogP contribution is -2.34. The van der Waals surface area contributed by atoms with E-state index in [1.807, 2.05) is 0 Å². The van der Waals surface area contributed by atoms with E-state index in [9.17, 15) is 26.4 Å². The van der Waals surface area contributed by atoms with Crippen LogP contribution in [0.1, 0.15) is 13.3 Å². The van der Waals surface area contributed by atoms with E-state index in [-0.39, 0.29) is 6.42 Å². The maximum atomic E-state index is 11.5. The van der Waals surface area contributed by atoms with E-state index in [1.54, 1.807) is 0 Å². The fourth-order valence-corrected chi connectivity index (χ4v) is 1.16. The van der Waals surface area contributed by atoms with Gasteiger partial charge < -0.3 is 0 Å². The molecule has 0 saturated carbocycles. The molecule has 0 bridgehead atoms. The Balaban J connectivity index is 4.17. The first-order chi connectivity index (χ1) is 6.16. The van der Waals surface area contributed by atoms with Crippen molar-refractivity contribution in [2.24, 2.45) is 0 Å². The average molecular weight is 235 g/mol. The van der Waals surface area contributed by atoms with Gasteiger partial charge in [-0.1, -0.05) is 6.92 Å². The van der Waals surface area contributed by atoms with Gasteiger partial charge in [-0.2, -0.15) is 21.6 Å². The zero-order chi connectivity index (χ0) is 11.4. The molecule has 1 amide bonds. The number of carbonyl (C=O) groups is 1. The molecule has 0 aromatic rings. The van der Waals surface area contributed by atoms with Gasteiger partial charge in [0.25, 0.3) is 0 Å². The molecule has 9 heteroatoms. The van der Waals surface area contributed by atoms with Crippen LogP contribution in [-0.4, -0.2) is 27.1 Å². The zero-order valence-corrected chi connectivity index (χ0v) is 7.91. The van der Waals surface area contributed by atoms with E-state index in [1.165, 1.54) is 11.6 Å². The number of hydrogen-bond acceptors (Lipinski definition) is 4. The van der Waals surface area contributed by atoms with Gasteiger partial charge in [0.1, 0.15) is 0 Å². The van der Waals surface area contributed by atoms with Crippen LogP contribution in [0.4, 0.5) is 13.2 Å². The second kappa shape index (κ2) is 4.60. The minimum absolute atomic E-state index is 0.172. The number of nitrogens with one attached hydrogen (secondary N) is 1. The lowest BCUT2D eigenvalue weighted by Gasteiger charge is -2.08. The number of alkyl halides is 3. The third kappa shape index (κ3) is 6.66. The summed E-state index contributed by atoms with van der Waals surface area (Å²) in [5.74, 6) is -0.938.